The Balaban J connectivity index is 1.33. The van der Waals surface area contributed by atoms with Crippen molar-refractivity contribution in [1.82, 2.24) is 14.9 Å². The summed E-state index contributed by atoms with van der Waals surface area (Å²) in [6.45, 7) is 13.9. The van der Waals surface area contributed by atoms with Gasteiger partial charge in [0.15, 0.2) is 0 Å². The Morgan fingerprint density at radius 1 is 1.00 bits per heavy atom. The van der Waals surface area contributed by atoms with Crippen molar-refractivity contribution in [2.24, 2.45) is 0 Å². The Labute approximate surface area is 161 Å². The summed E-state index contributed by atoms with van der Waals surface area (Å²) >= 11 is 0. The number of rotatable bonds is 4. The minimum atomic E-state index is 0.267. The van der Waals surface area contributed by atoms with Crippen molar-refractivity contribution in [3.63, 3.8) is 0 Å². The minimum Gasteiger partial charge on any atom is -0.354 e. The van der Waals surface area contributed by atoms with Crippen molar-refractivity contribution in [3.05, 3.63) is 71.6 Å². The van der Waals surface area contributed by atoms with Crippen LogP contribution >= 0.6 is 0 Å². The predicted octanol–water partition coefficient (Wildman–Crippen LogP) is 3.15. The second-order valence-corrected chi connectivity index (χ2v) is 7.54. The summed E-state index contributed by atoms with van der Waals surface area (Å²) in [4.78, 5) is 15.4. The molecule has 0 spiro atoms. The first-order valence-electron chi connectivity index (χ1n) is 9.66. The normalized spacial score (nSPS) is 21.1. The van der Waals surface area contributed by atoms with Crippen LogP contribution in [-0.2, 0) is 11.4 Å². The smallest absolute Gasteiger partial charge is 0.128 e. The molecule has 2 saturated heterocycles. The first-order chi connectivity index (χ1) is 13.1. The molecule has 27 heavy (non-hydrogen) atoms. The third-order valence-electron chi connectivity index (χ3n) is 5.51. The van der Waals surface area contributed by atoms with E-state index in [2.05, 4.69) is 71.6 Å². The van der Waals surface area contributed by atoms with E-state index in [9.17, 15) is 0 Å². The van der Waals surface area contributed by atoms with E-state index in [1.165, 1.54) is 16.7 Å². The van der Waals surface area contributed by atoms with Crippen molar-refractivity contribution >= 4 is 5.82 Å². The maximum Gasteiger partial charge on any atom is 0.128 e. The van der Waals surface area contributed by atoms with E-state index in [1.807, 2.05) is 11.3 Å². The lowest BCUT2D eigenvalue weighted by Gasteiger charge is -2.38. The van der Waals surface area contributed by atoms with E-state index >= 15 is 0 Å². The number of aromatic nitrogens is 1. The zero-order valence-corrected chi connectivity index (χ0v) is 16.3. The molecule has 0 amide bonds. The fourth-order valence-corrected chi connectivity index (χ4v) is 3.74. The molecule has 1 aromatic heterocycles. The van der Waals surface area contributed by atoms with Gasteiger partial charge in [0.05, 0.1) is 24.9 Å². The summed E-state index contributed by atoms with van der Waals surface area (Å²) in [5, 5.41) is 1.96. The van der Waals surface area contributed by atoms with E-state index < -0.39 is 0 Å². The maximum absolute atomic E-state index is 5.96. The second kappa shape index (κ2) is 7.71. The molecular formula is C22H28N4O. The van der Waals surface area contributed by atoms with Gasteiger partial charge in [0.25, 0.3) is 0 Å². The average Bonchev–Trinajstić information content (AvgIpc) is 3.05. The van der Waals surface area contributed by atoms with Crippen LogP contribution < -0.4 is 4.90 Å². The van der Waals surface area contributed by atoms with Gasteiger partial charge in [-0.25, -0.2) is 4.98 Å². The van der Waals surface area contributed by atoms with Crippen LogP contribution in [0.15, 0.2) is 54.9 Å². The molecule has 5 heteroatoms. The van der Waals surface area contributed by atoms with Gasteiger partial charge in [-0.05, 0) is 31.0 Å². The first-order valence-corrected chi connectivity index (χ1v) is 9.66. The maximum atomic E-state index is 5.96. The largest absolute Gasteiger partial charge is 0.354 e. The molecule has 5 nitrogen and oxygen atoms in total. The number of hydroxylamine groups is 2. The Hall–Kier alpha value is -2.37. The Morgan fingerprint density at radius 3 is 2.37 bits per heavy atom. The van der Waals surface area contributed by atoms with Gasteiger partial charge < -0.3 is 4.90 Å². The predicted molar refractivity (Wildman–Crippen MR) is 108 cm³/mol. The van der Waals surface area contributed by atoms with E-state index in [-0.39, 0.29) is 6.04 Å². The van der Waals surface area contributed by atoms with E-state index in [4.69, 9.17) is 4.84 Å². The fourth-order valence-electron chi connectivity index (χ4n) is 3.74. The zero-order valence-electron chi connectivity index (χ0n) is 16.3. The number of anilines is 1. The number of hydrogen-bond donors (Lipinski definition) is 0. The lowest BCUT2D eigenvalue weighted by molar-refractivity contribution is -0.0999. The third kappa shape index (κ3) is 3.99. The monoisotopic (exact) mass is 364 g/mol. The highest BCUT2D eigenvalue weighted by atomic mass is 16.7. The van der Waals surface area contributed by atoms with Crippen LogP contribution in [0.2, 0.25) is 0 Å². The Morgan fingerprint density at radius 2 is 1.70 bits per heavy atom. The lowest BCUT2D eigenvalue weighted by atomic mass is 10.1. The minimum absolute atomic E-state index is 0.267. The van der Waals surface area contributed by atoms with Crippen molar-refractivity contribution in [2.45, 2.75) is 26.4 Å². The number of benzene rings is 1. The van der Waals surface area contributed by atoms with Crippen molar-refractivity contribution < 1.29 is 4.84 Å². The zero-order chi connectivity index (χ0) is 18.8. The van der Waals surface area contributed by atoms with Crippen LogP contribution in [0, 0.1) is 13.8 Å². The molecular weight excluding hydrogens is 336 g/mol. The number of piperazine rings is 1. The molecule has 0 N–H and O–H groups in total. The molecule has 1 unspecified atom stereocenters. The highest BCUT2D eigenvalue weighted by Crippen LogP contribution is 2.26. The molecule has 2 fully saturated rings. The number of aryl methyl sites for hydroxylation is 2. The van der Waals surface area contributed by atoms with Gasteiger partial charge in [0, 0.05) is 32.4 Å². The summed E-state index contributed by atoms with van der Waals surface area (Å²) < 4.78 is 0. The van der Waals surface area contributed by atoms with Gasteiger partial charge in [0.1, 0.15) is 5.82 Å². The van der Waals surface area contributed by atoms with Crippen molar-refractivity contribution in [3.8, 4) is 0 Å². The summed E-state index contributed by atoms with van der Waals surface area (Å²) in [7, 11) is 0. The van der Waals surface area contributed by atoms with E-state index in [1.54, 1.807) is 0 Å². The SMILES string of the molecule is C=C1C(N2CCN(c3ccc(C)cn3)CC2)CON1Cc1ccc(C)cc1. The van der Waals surface area contributed by atoms with Crippen LogP contribution in [0.5, 0.6) is 0 Å². The molecule has 0 radical (unpaired) electrons. The fraction of sp³-hybridized carbons (Fsp3) is 0.409. The molecule has 0 saturated carbocycles. The van der Waals surface area contributed by atoms with Gasteiger partial charge in [-0.15, -0.1) is 0 Å². The molecule has 4 rings (SSSR count). The van der Waals surface area contributed by atoms with Crippen LogP contribution in [0.4, 0.5) is 5.82 Å². The molecule has 3 heterocycles. The van der Waals surface area contributed by atoms with Crippen LogP contribution in [-0.4, -0.2) is 53.8 Å². The summed E-state index contributed by atoms with van der Waals surface area (Å²) in [5.41, 5.74) is 4.79. The highest BCUT2D eigenvalue weighted by Gasteiger charge is 2.34. The van der Waals surface area contributed by atoms with Gasteiger partial charge in [-0.1, -0.05) is 42.5 Å². The number of pyridine rings is 1. The third-order valence-corrected chi connectivity index (χ3v) is 5.51. The highest BCUT2D eigenvalue weighted by molar-refractivity contribution is 5.39. The van der Waals surface area contributed by atoms with Gasteiger partial charge >= 0.3 is 0 Å². The molecule has 2 aromatic rings. The molecule has 2 aliphatic rings. The molecule has 1 atom stereocenters. The molecule has 0 aliphatic carbocycles. The summed E-state index contributed by atoms with van der Waals surface area (Å²) in [5.74, 6) is 1.07. The van der Waals surface area contributed by atoms with Crippen LogP contribution in [0.25, 0.3) is 0 Å². The Bertz CT molecular complexity index is 779. The molecule has 1 aromatic carbocycles. The van der Waals surface area contributed by atoms with Gasteiger partial charge in [-0.3, -0.25) is 14.8 Å². The van der Waals surface area contributed by atoms with Crippen molar-refractivity contribution in [2.75, 3.05) is 37.7 Å². The van der Waals surface area contributed by atoms with Gasteiger partial charge in [-0.2, -0.15) is 0 Å². The van der Waals surface area contributed by atoms with Gasteiger partial charge in [0.2, 0.25) is 0 Å². The molecule has 2 aliphatic heterocycles. The van der Waals surface area contributed by atoms with E-state index in [0.29, 0.717) is 6.61 Å². The number of nitrogens with zero attached hydrogens (tertiary/aromatic N) is 4. The second-order valence-electron chi connectivity index (χ2n) is 7.54. The molecule has 142 valence electrons. The van der Waals surface area contributed by atoms with Crippen LogP contribution in [0.1, 0.15) is 16.7 Å². The summed E-state index contributed by atoms with van der Waals surface area (Å²) in [6, 6.07) is 13.1. The van der Waals surface area contributed by atoms with E-state index in [0.717, 1.165) is 44.2 Å². The average molecular weight is 364 g/mol. The quantitative estimate of drug-likeness (QED) is 0.832. The molecule has 0 bridgehead atoms. The van der Waals surface area contributed by atoms with Crippen LogP contribution in [0.3, 0.4) is 0 Å². The Kier molecular flexibility index (Phi) is 5.14. The van der Waals surface area contributed by atoms with Crippen molar-refractivity contribution in [1.29, 1.82) is 0 Å². The first kappa shape index (κ1) is 18.0. The number of hydrogen-bond acceptors (Lipinski definition) is 5. The topological polar surface area (TPSA) is 31.8 Å². The lowest BCUT2D eigenvalue weighted by Crippen LogP contribution is -2.51. The summed E-state index contributed by atoms with van der Waals surface area (Å²) in [6.07, 6.45) is 1.94. The standard InChI is InChI=1S/C22H28N4O/c1-17-4-7-20(8-5-17)15-26-19(3)21(16-27-26)24-10-12-25(13-11-24)22-9-6-18(2)14-23-22/h4-9,14,21H,3,10-13,15-16H2,1-2H3.